The van der Waals surface area contributed by atoms with Gasteiger partial charge in [-0.2, -0.15) is 0 Å². The maximum absolute atomic E-state index is 13.7. The Kier molecular flexibility index (Phi) is 8.26. The van der Waals surface area contributed by atoms with Crippen molar-refractivity contribution in [3.8, 4) is 11.5 Å². The molecule has 0 radical (unpaired) electrons. The van der Waals surface area contributed by atoms with Gasteiger partial charge in [0.05, 0.1) is 11.9 Å². The van der Waals surface area contributed by atoms with Crippen LogP contribution in [0, 0.1) is 6.92 Å². The fraction of sp³-hybridized carbons (Fsp3) is 0.481. The van der Waals surface area contributed by atoms with E-state index in [4.69, 9.17) is 9.47 Å². The lowest BCUT2D eigenvalue weighted by Gasteiger charge is -2.32. The number of benzene rings is 2. The van der Waals surface area contributed by atoms with Gasteiger partial charge in [-0.25, -0.2) is 8.42 Å². The molecule has 2 amide bonds. The molecule has 37 heavy (non-hydrogen) atoms. The summed E-state index contributed by atoms with van der Waals surface area (Å²) in [6, 6.07) is 11.8. The van der Waals surface area contributed by atoms with Gasteiger partial charge in [-0.3, -0.25) is 13.9 Å². The maximum Gasteiger partial charge on any atom is 0.244 e. The number of sulfonamides is 1. The van der Waals surface area contributed by atoms with Crippen molar-refractivity contribution in [2.24, 2.45) is 0 Å². The summed E-state index contributed by atoms with van der Waals surface area (Å²) in [4.78, 5) is 28.3. The Morgan fingerprint density at radius 2 is 1.76 bits per heavy atom. The van der Waals surface area contributed by atoms with Gasteiger partial charge in [0.1, 0.15) is 25.8 Å². The van der Waals surface area contributed by atoms with Crippen LogP contribution in [0.3, 0.4) is 0 Å². The van der Waals surface area contributed by atoms with E-state index in [-0.39, 0.29) is 18.5 Å². The summed E-state index contributed by atoms with van der Waals surface area (Å²) < 4.78 is 37.8. The normalized spacial score (nSPS) is 16.2. The van der Waals surface area contributed by atoms with E-state index in [2.05, 4.69) is 5.32 Å². The van der Waals surface area contributed by atoms with Gasteiger partial charge >= 0.3 is 0 Å². The lowest BCUT2D eigenvalue weighted by Crippen LogP contribution is -2.52. The third-order valence-corrected chi connectivity index (χ3v) is 7.94. The van der Waals surface area contributed by atoms with Gasteiger partial charge in [-0.15, -0.1) is 0 Å². The van der Waals surface area contributed by atoms with Crippen LogP contribution in [0.1, 0.15) is 43.7 Å². The molecule has 1 saturated carbocycles. The van der Waals surface area contributed by atoms with Crippen LogP contribution in [0.15, 0.2) is 42.5 Å². The smallest absolute Gasteiger partial charge is 0.244 e. The molecular weight excluding hydrogens is 494 g/mol. The molecule has 2 aromatic carbocycles. The Hall–Kier alpha value is -3.27. The van der Waals surface area contributed by atoms with Crippen molar-refractivity contribution in [2.75, 3.05) is 30.3 Å². The third kappa shape index (κ3) is 6.74. The summed E-state index contributed by atoms with van der Waals surface area (Å²) in [5.74, 6) is 0.230. The first-order valence-corrected chi connectivity index (χ1v) is 14.5. The summed E-state index contributed by atoms with van der Waals surface area (Å²) in [5, 5.41) is 3.07. The topological polar surface area (TPSA) is 105 Å². The molecule has 200 valence electrons. The number of anilines is 1. The van der Waals surface area contributed by atoms with Crippen LogP contribution in [-0.2, 0) is 26.2 Å². The van der Waals surface area contributed by atoms with Gasteiger partial charge in [-0.05, 0) is 44.4 Å². The SMILES string of the molecule is Cc1cccc(CN(C(=O)CN(c2ccc3c(c2)OCCO3)S(C)(=O)=O)[C@H](C)C(=O)NC2CCCC2)c1. The molecule has 0 unspecified atom stereocenters. The number of carbonyl (C=O) groups is 2. The number of rotatable bonds is 9. The second-order valence-electron chi connectivity index (χ2n) is 9.77. The first-order chi connectivity index (χ1) is 17.6. The summed E-state index contributed by atoms with van der Waals surface area (Å²) in [7, 11) is -3.83. The number of hydrogen-bond donors (Lipinski definition) is 1. The molecule has 1 N–H and O–H groups in total. The minimum Gasteiger partial charge on any atom is -0.486 e. The van der Waals surface area contributed by atoms with Crippen molar-refractivity contribution in [2.45, 2.75) is 58.2 Å². The van der Waals surface area contributed by atoms with E-state index in [1.54, 1.807) is 25.1 Å². The minimum absolute atomic E-state index is 0.108. The van der Waals surface area contributed by atoms with Crippen LogP contribution >= 0.6 is 0 Å². The van der Waals surface area contributed by atoms with Crippen LogP contribution < -0.4 is 19.1 Å². The van der Waals surface area contributed by atoms with E-state index in [1.165, 1.54) is 4.90 Å². The average Bonchev–Trinajstić information content (AvgIpc) is 3.37. The molecule has 4 rings (SSSR count). The molecule has 2 aliphatic rings. The lowest BCUT2D eigenvalue weighted by atomic mass is 10.1. The third-order valence-electron chi connectivity index (χ3n) is 6.80. The quantitative estimate of drug-likeness (QED) is 0.536. The van der Waals surface area contributed by atoms with Crippen molar-refractivity contribution < 1.29 is 27.5 Å². The number of fused-ring (bicyclic) bond motifs is 1. The fourth-order valence-electron chi connectivity index (χ4n) is 4.78. The second-order valence-corrected chi connectivity index (χ2v) is 11.7. The number of aryl methyl sites for hydroxylation is 1. The number of hydrogen-bond acceptors (Lipinski definition) is 6. The van der Waals surface area contributed by atoms with Gasteiger partial charge in [0.15, 0.2) is 11.5 Å². The molecule has 2 aromatic rings. The van der Waals surface area contributed by atoms with Crippen molar-refractivity contribution in [3.63, 3.8) is 0 Å². The second kappa shape index (κ2) is 11.4. The Bertz CT molecular complexity index is 1240. The number of carbonyl (C=O) groups excluding carboxylic acids is 2. The zero-order chi connectivity index (χ0) is 26.6. The Labute approximate surface area is 218 Å². The monoisotopic (exact) mass is 529 g/mol. The standard InChI is InChI=1S/C27H35N3O6S/c1-19-7-6-8-21(15-19)17-29(20(2)27(32)28-22-9-4-5-10-22)26(31)18-30(37(3,33)34)23-11-12-24-25(16-23)36-14-13-35-24/h6-8,11-12,15-16,20,22H,4-5,9-10,13-14,17-18H2,1-3H3,(H,28,32)/t20-/m1/s1. The minimum atomic E-state index is -3.83. The summed E-state index contributed by atoms with van der Waals surface area (Å²) in [5.41, 5.74) is 2.18. The molecule has 0 bridgehead atoms. The highest BCUT2D eigenvalue weighted by atomic mass is 32.2. The predicted octanol–water partition coefficient (Wildman–Crippen LogP) is 3.01. The highest BCUT2D eigenvalue weighted by Crippen LogP contribution is 2.34. The molecule has 0 saturated heterocycles. The highest BCUT2D eigenvalue weighted by Gasteiger charge is 2.32. The van der Waals surface area contributed by atoms with Gasteiger partial charge in [-0.1, -0.05) is 42.7 Å². The maximum atomic E-state index is 13.7. The molecular formula is C27H35N3O6S. The fourth-order valence-corrected chi connectivity index (χ4v) is 5.62. The van der Waals surface area contributed by atoms with E-state index >= 15 is 0 Å². The van der Waals surface area contributed by atoms with Gasteiger partial charge in [0.25, 0.3) is 0 Å². The zero-order valence-corrected chi connectivity index (χ0v) is 22.4. The number of nitrogens with zero attached hydrogens (tertiary/aromatic N) is 2. The lowest BCUT2D eigenvalue weighted by molar-refractivity contribution is -0.139. The van der Waals surface area contributed by atoms with Gasteiger partial charge < -0.3 is 19.7 Å². The number of nitrogens with one attached hydrogen (secondary N) is 1. The Morgan fingerprint density at radius 3 is 2.43 bits per heavy atom. The van der Waals surface area contributed by atoms with Crippen molar-refractivity contribution in [1.29, 1.82) is 0 Å². The Balaban J connectivity index is 1.60. The van der Waals surface area contributed by atoms with Crippen LogP contribution in [0.5, 0.6) is 11.5 Å². The number of ether oxygens (including phenoxy) is 2. The first-order valence-electron chi connectivity index (χ1n) is 12.6. The highest BCUT2D eigenvalue weighted by molar-refractivity contribution is 7.92. The van der Waals surface area contributed by atoms with Crippen LogP contribution in [0.25, 0.3) is 0 Å². The Morgan fingerprint density at radius 1 is 1.05 bits per heavy atom. The van der Waals surface area contributed by atoms with Gasteiger partial charge in [0, 0.05) is 18.7 Å². The van der Waals surface area contributed by atoms with Crippen LogP contribution in [0.4, 0.5) is 5.69 Å². The first kappa shape index (κ1) is 26.8. The molecule has 1 aliphatic heterocycles. The van der Waals surface area contributed by atoms with Crippen LogP contribution in [-0.4, -0.2) is 63.2 Å². The molecule has 9 nitrogen and oxygen atoms in total. The van der Waals surface area contributed by atoms with E-state index in [0.717, 1.165) is 47.4 Å². The largest absolute Gasteiger partial charge is 0.486 e. The van der Waals surface area contributed by atoms with E-state index < -0.39 is 28.5 Å². The van der Waals surface area contributed by atoms with Crippen molar-refractivity contribution in [3.05, 3.63) is 53.6 Å². The van der Waals surface area contributed by atoms with E-state index in [1.807, 2.05) is 31.2 Å². The van der Waals surface area contributed by atoms with Gasteiger partial charge in [0.2, 0.25) is 21.8 Å². The molecule has 0 aromatic heterocycles. The molecule has 1 aliphatic carbocycles. The zero-order valence-electron chi connectivity index (χ0n) is 21.6. The number of amides is 2. The summed E-state index contributed by atoms with van der Waals surface area (Å²) in [6.45, 7) is 4.14. The van der Waals surface area contributed by atoms with E-state index in [0.29, 0.717) is 30.4 Å². The van der Waals surface area contributed by atoms with Crippen LogP contribution in [0.2, 0.25) is 0 Å². The molecule has 1 atom stereocenters. The van der Waals surface area contributed by atoms with E-state index in [9.17, 15) is 18.0 Å². The molecule has 10 heteroatoms. The summed E-state index contributed by atoms with van der Waals surface area (Å²) in [6.07, 6.45) is 5.05. The van der Waals surface area contributed by atoms with Crippen molar-refractivity contribution in [1.82, 2.24) is 10.2 Å². The van der Waals surface area contributed by atoms with Crippen molar-refractivity contribution >= 4 is 27.5 Å². The summed E-state index contributed by atoms with van der Waals surface area (Å²) >= 11 is 0. The average molecular weight is 530 g/mol. The predicted molar refractivity (Wildman–Crippen MR) is 141 cm³/mol. The molecule has 0 spiro atoms. The molecule has 1 fully saturated rings. The molecule has 1 heterocycles.